The van der Waals surface area contributed by atoms with Crippen molar-refractivity contribution in [2.24, 2.45) is 0 Å². The van der Waals surface area contributed by atoms with Gasteiger partial charge in [0.05, 0.1) is 24.2 Å². The predicted octanol–water partition coefficient (Wildman–Crippen LogP) is 3.56. The van der Waals surface area contributed by atoms with Gasteiger partial charge < -0.3 is 4.74 Å². The van der Waals surface area contributed by atoms with E-state index in [-0.39, 0.29) is 11.6 Å². The largest absolute Gasteiger partial charge is 0.462 e. The van der Waals surface area contributed by atoms with E-state index >= 15 is 0 Å². The number of amides is 1. The van der Waals surface area contributed by atoms with Crippen LogP contribution in [0.4, 0.5) is 5.13 Å². The number of rotatable bonds is 8. The van der Waals surface area contributed by atoms with E-state index in [1.165, 1.54) is 17.5 Å². The van der Waals surface area contributed by atoms with Gasteiger partial charge in [0, 0.05) is 12.7 Å². The zero-order valence-electron chi connectivity index (χ0n) is 15.6. The van der Waals surface area contributed by atoms with Crippen molar-refractivity contribution in [2.45, 2.75) is 47.0 Å². The molecule has 8 heteroatoms. The first-order valence-electron chi connectivity index (χ1n) is 8.73. The molecule has 0 saturated carbocycles. The number of carbonyl (C=O) groups is 2. The Labute approximate surface area is 157 Å². The second-order valence-electron chi connectivity index (χ2n) is 5.84. The lowest BCUT2D eigenvalue weighted by atomic mass is 10.2. The Morgan fingerprint density at radius 1 is 1.15 bits per heavy atom. The van der Waals surface area contributed by atoms with Gasteiger partial charge in [-0.15, -0.1) is 0 Å². The van der Waals surface area contributed by atoms with Gasteiger partial charge in [0.15, 0.2) is 5.13 Å². The van der Waals surface area contributed by atoms with Gasteiger partial charge in [-0.1, -0.05) is 31.1 Å². The lowest BCUT2D eigenvalue weighted by Crippen LogP contribution is -2.32. The number of ether oxygens (including phenoxy) is 1. The number of esters is 1. The van der Waals surface area contributed by atoms with Crippen molar-refractivity contribution in [3.05, 3.63) is 34.4 Å². The molecule has 0 bridgehead atoms. The maximum Gasteiger partial charge on any atom is 0.350 e. The maximum atomic E-state index is 12.9. The third kappa shape index (κ3) is 4.85. The molecule has 140 valence electrons. The predicted molar refractivity (Wildman–Crippen MR) is 101 cm³/mol. The van der Waals surface area contributed by atoms with Gasteiger partial charge in [0.25, 0.3) is 5.91 Å². The number of carbonyl (C=O) groups excluding carboxylic acids is 2. The fraction of sp³-hybridized carbons (Fsp3) is 0.500. The second kappa shape index (κ2) is 9.38. The Bertz CT molecular complexity index is 758. The Kier molecular flexibility index (Phi) is 7.20. The molecule has 7 nitrogen and oxygen atoms in total. The molecule has 0 saturated heterocycles. The van der Waals surface area contributed by atoms with Crippen LogP contribution in [0.25, 0.3) is 0 Å². The number of unbranched alkanes of at least 4 members (excludes halogenated alkanes) is 2. The molecule has 26 heavy (non-hydrogen) atoms. The molecule has 0 aromatic carbocycles. The van der Waals surface area contributed by atoms with Crippen LogP contribution < -0.4 is 4.90 Å². The summed E-state index contributed by atoms with van der Waals surface area (Å²) in [5, 5.41) is 0.481. The van der Waals surface area contributed by atoms with Crippen molar-refractivity contribution in [3.8, 4) is 0 Å². The Morgan fingerprint density at radius 3 is 2.54 bits per heavy atom. The average Bonchev–Trinajstić information content (AvgIpc) is 3.00. The molecule has 0 spiro atoms. The summed E-state index contributed by atoms with van der Waals surface area (Å²) in [7, 11) is 0. The van der Waals surface area contributed by atoms with Crippen molar-refractivity contribution in [1.82, 2.24) is 15.0 Å². The molecule has 0 fully saturated rings. The highest BCUT2D eigenvalue weighted by Gasteiger charge is 2.25. The number of thiazole rings is 1. The SMILES string of the molecule is CCCCCN(C(=O)c1cnc(C)cn1)c1nc(C)c(C(=O)OCC)s1. The molecule has 0 aliphatic rings. The van der Waals surface area contributed by atoms with E-state index in [9.17, 15) is 9.59 Å². The lowest BCUT2D eigenvalue weighted by Gasteiger charge is -2.19. The van der Waals surface area contributed by atoms with Gasteiger partial charge in [0.1, 0.15) is 10.6 Å². The van der Waals surface area contributed by atoms with Gasteiger partial charge >= 0.3 is 5.97 Å². The van der Waals surface area contributed by atoms with Crippen LogP contribution in [0.2, 0.25) is 0 Å². The Morgan fingerprint density at radius 2 is 1.92 bits per heavy atom. The fourth-order valence-corrected chi connectivity index (χ4v) is 3.31. The van der Waals surface area contributed by atoms with Crippen LogP contribution >= 0.6 is 11.3 Å². The first kappa shape index (κ1) is 20.0. The van der Waals surface area contributed by atoms with Crippen LogP contribution in [-0.4, -0.2) is 40.0 Å². The van der Waals surface area contributed by atoms with Gasteiger partial charge in [-0.2, -0.15) is 0 Å². The summed E-state index contributed by atoms with van der Waals surface area (Å²) >= 11 is 1.17. The fourth-order valence-electron chi connectivity index (χ4n) is 2.33. The molecule has 0 N–H and O–H groups in total. The summed E-state index contributed by atoms with van der Waals surface area (Å²) in [6, 6.07) is 0. The molecular weight excluding hydrogens is 352 g/mol. The Balaban J connectivity index is 2.32. The minimum atomic E-state index is -0.412. The second-order valence-corrected chi connectivity index (χ2v) is 6.82. The van der Waals surface area contributed by atoms with E-state index in [1.807, 2.05) is 6.92 Å². The minimum absolute atomic E-state index is 0.262. The van der Waals surface area contributed by atoms with E-state index in [0.717, 1.165) is 25.0 Å². The molecule has 0 aliphatic heterocycles. The van der Waals surface area contributed by atoms with Gasteiger partial charge in [0.2, 0.25) is 0 Å². The number of hydrogen-bond donors (Lipinski definition) is 0. The summed E-state index contributed by atoms with van der Waals surface area (Å²) in [4.78, 5) is 39.8. The highest BCUT2D eigenvalue weighted by atomic mass is 32.1. The molecule has 2 aromatic heterocycles. The zero-order chi connectivity index (χ0) is 19.1. The average molecular weight is 376 g/mol. The van der Waals surface area contributed by atoms with Crippen LogP contribution in [0, 0.1) is 13.8 Å². The van der Waals surface area contributed by atoms with Crippen molar-refractivity contribution >= 4 is 28.3 Å². The van der Waals surface area contributed by atoms with Crippen LogP contribution in [-0.2, 0) is 4.74 Å². The molecule has 0 unspecified atom stereocenters. The molecular formula is C18H24N4O3S. The summed E-state index contributed by atoms with van der Waals surface area (Å²) in [6.45, 7) is 8.22. The highest BCUT2D eigenvalue weighted by molar-refractivity contribution is 7.17. The smallest absolute Gasteiger partial charge is 0.350 e. The van der Waals surface area contributed by atoms with E-state index in [1.54, 1.807) is 24.9 Å². The monoisotopic (exact) mass is 376 g/mol. The first-order chi connectivity index (χ1) is 12.5. The van der Waals surface area contributed by atoms with E-state index < -0.39 is 5.97 Å². The quantitative estimate of drug-likeness (QED) is 0.517. The topological polar surface area (TPSA) is 85.3 Å². The first-order valence-corrected chi connectivity index (χ1v) is 9.54. The summed E-state index contributed by atoms with van der Waals surface area (Å²) < 4.78 is 5.06. The van der Waals surface area contributed by atoms with Gasteiger partial charge in [-0.3, -0.25) is 14.7 Å². The van der Waals surface area contributed by atoms with Crippen LogP contribution in [0.3, 0.4) is 0 Å². The van der Waals surface area contributed by atoms with Crippen LogP contribution in [0.5, 0.6) is 0 Å². The highest BCUT2D eigenvalue weighted by Crippen LogP contribution is 2.28. The summed E-state index contributed by atoms with van der Waals surface area (Å²) in [6.07, 6.45) is 5.91. The van der Waals surface area contributed by atoms with Crippen molar-refractivity contribution in [1.29, 1.82) is 0 Å². The maximum absolute atomic E-state index is 12.9. The van der Waals surface area contributed by atoms with Crippen molar-refractivity contribution < 1.29 is 14.3 Å². The van der Waals surface area contributed by atoms with Crippen molar-refractivity contribution in [3.63, 3.8) is 0 Å². The lowest BCUT2D eigenvalue weighted by molar-refractivity contribution is 0.0531. The summed E-state index contributed by atoms with van der Waals surface area (Å²) in [5.74, 6) is -0.678. The number of aromatic nitrogens is 3. The number of aryl methyl sites for hydroxylation is 2. The molecule has 0 atom stereocenters. The molecule has 2 rings (SSSR count). The number of nitrogens with zero attached hydrogens (tertiary/aromatic N) is 4. The van der Waals surface area contributed by atoms with Gasteiger partial charge in [-0.05, 0) is 27.2 Å². The molecule has 2 heterocycles. The normalized spacial score (nSPS) is 10.6. The standard InChI is InChI=1S/C18H24N4O3S/c1-5-7-8-9-22(16(23)14-11-19-12(3)10-20-14)18-21-13(4)15(26-18)17(24)25-6-2/h10-11H,5-9H2,1-4H3. The third-order valence-electron chi connectivity index (χ3n) is 3.71. The summed E-state index contributed by atoms with van der Waals surface area (Å²) in [5.41, 5.74) is 1.57. The minimum Gasteiger partial charge on any atom is -0.462 e. The van der Waals surface area contributed by atoms with E-state index in [0.29, 0.717) is 28.9 Å². The number of anilines is 1. The molecule has 1 amide bonds. The Hall–Kier alpha value is -2.35. The van der Waals surface area contributed by atoms with Gasteiger partial charge in [-0.25, -0.2) is 14.8 Å². The molecule has 2 aromatic rings. The van der Waals surface area contributed by atoms with E-state index in [4.69, 9.17) is 4.74 Å². The zero-order valence-corrected chi connectivity index (χ0v) is 16.4. The van der Waals surface area contributed by atoms with Crippen LogP contribution in [0.1, 0.15) is 64.7 Å². The third-order valence-corrected chi connectivity index (χ3v) is 4.87. The van der Waals surface area contributed by atoms with E-state index in [2.05, 4.69) is 21.9 Å². The molecule has 0 aliphatic carbocycles. The number of hydrogen-bond acceptors (Lipinski definition) is 7. The molecule has 0 radical (unpaired) electrons. The van der Waals surface area contributed by atoms with Crippen molar-refractivity contribution in [2.75, 3.05) is 18.1 Å². The van der Waals surface area contributed by atoms with Crippen LogP contribution in [0.15, 0.2) is 12.4 Å².